The maximum absolute atomic E-state index is 13.6. The maximum Gasteiger partial charge on any atom is 0.495 e. The normalized spacial score (nSPS) is 13.8. The van der Waals surface area contributed by atoms with E-state index in [-0.39, 0.29) is 27.7 Å². The second-order valence-corrected chi connectivity index (χ2v) is 12.6. The molecular formula is C36H22BBrF7N5O2. The highest BCUT2D eigenvalue weighted by atomic mass is 79.9. The van der Waals surface area contributed by atoms with Crippen molar-refractivity contribution >= 4 is 28.5 Å². The number of nitriles is 5. The van der Waals surface area contributed by atoms with Crippen LogP contribution in [0.2, 0.25) is 0 Å². The van der Waals surface area contributed by atoms with Crippen molar-refractivity contribution in [2.75, 3.05) is 0 Å². The van der Waals surface area contributed by atoms with Gasteiger partial charge in [0.15, 0.2) is 0 Å². The Balaban J connectivity index is 0.000000215. The summed E-state index contributed by atoms with van der Waals surface area (Å²) in [7, 11) is -0.846. The van der Waals surface area contributed by atoms with Crippen molar-refractivity contribution in [3.63, 3.8) is 0 Å². The van der Waals surface area contributed by atoms with Crippen LogP contribution in [0.4, 0.5) is 30.7 Å². The molecule has 4 aromatic carbocycles. The predicted octanol–water partition coefficient (Wildman–Crippen LogP) is 8.72. The van der Waals surface area contributed by atoms with Crippen LogP contribution in [0.25, 0.3) is 11.1 Å². The topological polar surface area (TPSA) is 137 Å². The molecule has 7 nitrogen and oxygen atoms in total. The van der Waals surface area contributed by atoms with E-state index >= 15 is 0 Å². The fourth-order valence-corrected chi connectivity index (χ4v) is 4.73. The van der Waals surface area contributed by atoms with Crippen molar-refractivity contribution in [2.45, 2.75) is 45.1 Å². The summed E-state index contributed by atoms with van der Waals surface area (Å²) in [4.78, 5) is 0. The van der Waals surface area contributed by atoms with E-state index in [4.69, 9.17) is 35.6 Å². The van der Waals surface area contributed by atoms with Gasteiger partial charge in [-0.3, -0.25) is 0 Å². The Hall–Kier alpha value is -5.70. The molecule has 1 aliphatic rings. The molecular weight excluding hydrogens is 758 g/mol. The molecule has 1 heterocycles. The summed E-state index contributed by atoms with van der Waals surface area (Å²) in [5.41, 5.74) is -2.19. The van der Waals surface area contributed by atoms with Gasteiger partial charge in [0, 0.05) is 4.47 Å². The molecule has 0 unspecified atom stereocenters. The first-order valence-electron chi connectivity index (χ1n) is 14.6. The van der Waals surface area contributed by atoms with E-state index in [2.05, 4.69) is 15.9 Å². The summed E-state index contributed by atoms with van der Waals surface area (Å²) >= 11 is 2.97. The third kappa shape index (κ3) is 9.15. The molecule has 0 radical (unpaired) electrons. The number of hydrogen-bond donors (Lipinski definition) is 0. The molecule has 0 amide bonds. The van der Waals surface area contributed by atoms with E-state index in [1.54, 1.807) is 6.07 Å². The van der Waals surface area contributed by atoms with Crippen LogP contribution in [0.15, 0.2) is 65.1 Å². The standard InChI is InChI=1S/C15H5F2N3.C13H14BF2NO2.C8H3BrF3N/c16-14-4-10(5-15(17)13(14)8-20)12-2-1-9(6-18)3-11(12)7-19;1-12(2)13(3,4)19-14(18-12)8-5-10(15)9(7-17)11(16)6-8;9-7-2-1-6(8(10,11)12)3-5(7)4-13/h1-5H;5-6H,1-4H3;1-3H. The van der Waals surface area contributed by atoms with Crippen LogP contribution in [0, 0.1) is 79.9 Å². The Morgan fingerprint density at radius 2 is 1.10 bits per heavy atom. The SMILES string of the molecule is CC1(C)OB(c2cc(F)c(C#N)c(F)c2)OC1(C)C.N#Cc1cc(C(F)(F)F)ccc1Br.N#Cc1ccc(-c2cc(F)c(C#N)c(F)c2)c(C#N)c1. The summed E-state index contributed by atoms with van der Waals surface area (Å²) in [5.74, 6) is -3.80. The fraction of sp³-hybridized carbons (Fsp3) is 0.194. The average molecular weight is 780 g/mol. The molecule has 4 aromatic rings. The average Bonchev–Trinajstić information content (AvgIpc) is 3.30. The van der Waals surface area contributed by atoms with Crippen LogP contribution >= 0.6 is 15.9 Å². The van der Waals surface area contributed by atoms with Gasteiger partial charge in [-0.15, -0.1) is 0 Å². The van der Waals surface area contributed by atoms with Crippen molar-refractivity contribution in [1.82, 2.24) is 0 Å². The third-order valence-corrected chi connectivity index (χ3v) is 8.54. The Morgan fingerprint density at radius 3 is 1.52 bits per heavy atom. The minimum absolute atomic E-state index is 0.0187. The van der Waals surface area contributed by atoms with Gasteiger partial charge in [0.1, 0.15) is 52.6 Å². The minimum Gasteiger partial charge on any atom is -0.399 e. The smallest absolute Gasteiger partial charge is 0.399 e. The highest BCUT2D eigenvalue weighted by Crippen LogP contribution is 2.37. The first-order valence-corrected chi connectivity index (χ1v) is 15.4. The van der Waals surface area contributed by atoms with Crippen molar-refractivity contribution in [3.8, 4) is 41.5 Å². The predicted molar refractivity (Wildman–Crippen MR) is 177 cm³/mol. The number of rotatable bonds is 2. The van der Waals surface area contributed by atoms with Gasteiger partial charge in [-0.25, -0.2) is 17.6 Å². The Labute approximate surface area is 302 Å². The lowest BCUT2D eigenvalue weighted by Gasteiger charge is -2.32. The summed E-state index contributed by atoms with van der Waals surface area (Å²) < 4.78 is 102. The molecule has 1 saturated heterocycles. The quantitative estimate of drug-likeness (QED) is 0.147. The van der Waals surface area contributed by atoms with Gasteiger partial charge >= 0.3 is 13.3 Å². The fourth-order valence-electron chi connectivity index (χ4n) is 4.40. The lowest BCUT2D eigenvalue weighted by molar-refractivity contribution is -0.137. The lowest BCUT2D eigenvalue weighted by Crippen LogP contribution is -2.41. The molecule has 0 bridgehead atoms. The highest BCUT2D eigenvalue weighted by molar-refractivity contribution is 9.10. The van der Waals surface area contributed by atoms with E-state index < -0.39 is 64.5 Å². The number of nitrogens with zero attached hydrogens (tertiary/aromatic N) is 5. The molecule has 0 atom stereocenters. The number of alkyl halides is 3. The van der Waals surface area contributed by atoms with E-state index in [9.17, 15) is 30.7 Å². The molecule has 0 aliphatic carbocycles. The summed E-state index contributed by atoms with van der Waals surface area (Å²) in [5, 5.41) is 43.5. The molecule has 5 rings (SSSR count). The van der Waals surface area contributed by atoms with Crippen LogP contribution in [0.5, 0.6) is 0 Å². The zero-order valence-electron chi connectivity index (χ0n) is 27.4. The van der Waals surface area contributed by atoms with Gasteiger partial charge in [0.25, 0.3) is 0 Å². The first kappa shape index (κ1) is 40.7. The molecule has 0 aromatic heterocycles. The second-order valence-electron chi connectivity index (χ2n) is 11.8. The van der Waals surface area contributed by atoms with E-state index in [1.165, 1.54) is 36.4 Å². The monoisotopic (exact) mass is 779 g/mol. The third-order valence-electron chi connectivity index (χ3n) is 7.85. The van der Waals surface area contributed by atoms with Crippen molar-refractivity contribution in [1.29, 1.82) is 26.3 Å². The van der Waals surface area contributed by atoms with Crippen LogP contribution in [0.3, 0.4) is 0 Å². The van der Waals surface area contributed by atoms with Crippen molar-refractivity contribution < 1.29 is 40.0 Å². The first-order chi connectivity index (χ1) is 24.2. The largest absolute Gasteiger partial charge is 0.495 e. The maximum atomic E-state index is 13.6. The van der Waals surface area contributed by atoms with Crippen molar-refractivity contribution in [2.24, 2.45) is 0 Å². The van der Waals surface area contributed by atoms with E-state index in [0.29, 0.717) is 10.0 Å². The molecule has 0 N–H and O–H groups in total. The molecule has 52 heavy (non-hydrogen) atoms. The van der Waals surface area contributed by atoms with Gasteiger partial charge in [-0.2, -0.15) is 39.5 Å². The zero-order chi connectivity index (χ0) is 39.2. The van der Waals surface area contributed by atoms with E-state index in [0.717, 1.165) is 36.4 Å². The van der Waals surface area contributed by atoms with Gasteiger partial charge in [0.2, 0.25) is 0 Å². The lowest BCUT2D eigenvalue weighted by atomic mass is 9.78. The van der Waals surface area contributed by atoms with Crippen LogP contribution in [-0.2, 0) is 15.5 Å². The number of hydrogen-bond acceptors (Lipinski definition) is 7. The summed E-state index contributed by atoms with van der Waals surface area (Å²) in [6.45, 7) is 7.40. The Bertz CT molecular complexity index is 2180. The molecule has 0 spiro atoms. The van der Waals surface area contributed by atoms with Crippen LogP contribution in [-0.4, -0.2) is 18.3 Å². The summed E-state index contributed by atoms with van der Waals surface area (Å²) in [6.07, 6.45) is -4.40. The van der Waals surface area contributed by atoms with Crippen LogP contribution < -0.4 is 5.46 Å². The van der Waals surface area contributed by atoms with Crippen LogP contribution in [0.1, 0.15) is 61.1 Å². The molecule has 1 aliphatic heterocycles. The minimum atomic E-state index is -4.40. The highest BCUT2D eigenvalue weighted by Gasteiger charge is 2.52. The van der Waals surface area contributed by atoms with Gasteiger partial charge < -0.3 is 9.31 Å². The number of benzene rings is 4. The molecule has 16 heteroatoms. The Kier molecular flexibility index (Phi) is 12.6. The van der Waals surface area contributed by atoms with Crippen molar-refractivity contribution in [3.05, 3.63) is 122 Å². The number of halogens is 8. The zero-order valence-corrected chi connectivity index (χ0v) is 29.0. The van der Waals surface area contributed by atoms with Gasteiger partial charge in [0.05, 0.1) is 45.6 Å². The Morgan fingerprint density at radius 1 is 0.615 bits per heavy atom. The molecule has 0 saturated carbocycles. The van der Waals surface area contributed by atoms with Gasteiger partial charge in [-0.1, -0.05) is 6.07 Å². The van der Waals surface area contributed by atoms with Gasteiger partial charge in [-0.05, 0) is 115 Å². The van der Waals surface area contributed by atoms with E-state index in [1.807, 2.05) is 39.8 Å². The summed E-state index contributed by atoms with van der Waals surface area (Å²) in [6, 6.07) is 19.6. The second kappa shape index (κ2) is 16.1. The molecule has 262 valence electrons. The molecule has 1 fully saturated rings.